The maximum absolute atomic E-state index is 13.2. The summed E-state index contributed by atoms with van der Waals surface area (Å²) in [7, 11) is -6.42. The van der Waals surface area contributed by atoms with E-state index in [9.17, 15) is 21.6 Å². The Labute approximate surface area is 214 Å². The summed E-state index contributed by atoms with van der Waals surface area (Å²) in [6.45, 7) is -0.172. The lowest BCUT2D eigenvalue weighted by atomic mass is 10.1. The summed E-state index contributed by atoms with van der Waals surface area (Å²) in [5, 5.41) is 3.48. The highest BCUT2D eigenvalue weighted by molar-refractivity contribution is 7.92. The van der Waals surface area contributed by atoms with Crippen molar-refractivity contribution in [1.29, 1.82) is 0 Å². The standard InChI is InChI=1S/C23H21Cl2N3O5S2/c1-27(34(30,31)20-8-3-17(24)4-9-20)15-23(29)26-19-7-2-16-12-13-28(22(16)14-19)35(32,33)21-10-5-18(25)6-11-21/h2-11,14H,12-13,15H2,1H3,(H,26,29). The molecule has 0 saturated carbocycles. The molecule has 12 heteroatoms. The molecule has 35 heavy (non-hydrogen) atoms. The molecule has 1 N–H and O–H groups in total. The van der Waals surface area contributed by atoms with Gasteiger partial charge in [-0.05, 0) is 72.6 Å². The van der Waals surface area contributed by atoms with E-state index in [0.717, 1.165) is 9.87 Å². The van der Waals surface area contributed by atoms with E-state index in [1.54, 1.807) is 18.2 Å². The molecule has 1 aliphatic rings. The van der Waals surface area contributed by atoms with E-state index in [-0.39, 0.29) is 16.3 Å². The van der Waals surface area contributed by atoms with E-state index in [0.29, 0.717) is 27.8 Å². The van der Waals surface area contributed by atoms with Crippen LogP contribution in [0.2, 0.25) is 10.0 Å². The number of rotatable bonds is 7. The Morgan fingerprint density at radius 3 is 2.09 bits per heavy atom. The third kappa shape index (κ3) is 5.31. The number of hydrogen-bond donors (Lipinski definition) is 1. The van der Waals surface area contributed by atoms with Gasteiger partial charge in [-0.15, -0.1) is 0 Å². The van der Waals surface area contributed by atoms with Crippen molar-refractivity contribution in [3.8, 4) is 0 Å². The molecular weight excluding hydrogens is 533 g/mol. The van der Waals surface area contributed by atoms with Crippen molar-refractivity contribution in [3.63, 3.8) is 0 Å². The zero-order valence-corrected chi connectivity index (χ0v) is 21.6. The van der Waals surface area contributed by atoms with Gasteiger partial charge in [0.25, 0.3) is 10.0 Å². The minimum Gasteiger partial charge on any atom is -0.325 e. The molecule has 8 nitrogen and oxygen atoms in total. The van der Waals surface area contributed by atoms with E-state index in [4.69, 9.17) is 23.2 Å². The number of carbonyl (C=O) groups excluding carboxylic acids is 1. The molecule has 0 spiro atoms. The van der Waals surface area contributed by atoms with Gasteiger partial charge in [-0.25, -0.2) is 16.8 Å². The number of fused-ring (bicyclic) bond motifs is 1. The first-order valence-electron chi connectivity index (χ1n) is 10.4. The molecule has 1 amide bonds. The quantitative estimate of drug-likeness (QED) is 0.476. The van der Waals surface area contributed by atoms with Crippen LogP contribution in [0.5, 0.6) is 0 Å². The van der Waals surface area contributed by atoms with E-state index >= 15 is 0 Å². The average Bonchev–Trinajstić information content (AvgIpc) is 3.23. The lowest BCUT2D eigenvalue weighted by Crippen LogP contribution is -2.35. The van der Waals surface area contributed by atoms with Crippen LogP contribution < -0.4 is 9.62 Å². The van der Waals surface area contributed by atoms with E-state index in [1.807, 2.05) is 0 Å². The van der Waals surface area contributed by atoms with Gasteiger partial charge in [0.15, 0.2) is 0 Å². The number of halogens is 2. The zero-order chi connectivity index (χ0) is 25.4. The summed E-state index contributed by atoms with van der Waals surface area (Å²) in [5.41, 5.74) is 1.63. The van der Waals surface area contributed by atoms with Gasteiger partial charge in [-0.1, -0.05) is 29.3 Å². The molecule has 0 unspecified atom stereocenters. The van der Waals surface area contributed by atoms with Crippen LogP contribution in [0.4, 0.5) is 11.4 Å². The van der Waals surface area contributed by atoms with Crippen LogP contribution in [-0.2, 0) is 31.3 Å². The van der Waals surface area contributed by atoms with Crippen molar-refractivity contribution in [2.24, 2.45) is 0 Å². The Balaban J connectivity index is 1.50. The smallest absolute Gasteiger partial charge is 0.264 e. The second-order valence-electron chi connectivity index (χ2n) is 7.89. The number of anilines is 2. The average molecular weight is 554 g/mol. The minimum atomic E-state index is -3.90. The summed E-state index contributed by atoms with van der Waals surface area (Å²) in [4.78, 5) is 12.7. The van der Waals surface area contributed by atoms with Crippen LogP contribution >= 0.6 is 23.2 Å². The molecule has 0 aromatic heterocycles. The maximum Gasteiger partial charge on any atom is 0.264 e. The third-order valence-corrected chi connectivity index (χ3v) is 9.66. The number of nitrogens with zero attached hydrogens (tertiary/aromatic N) is 2. The third-order valence-electron chi connectivity index (χ3n) is 5.51. The second-order valence-corrected chi connectivity index (χ2v) is 12.7. The predicted molar refractivity (Wildman–Crippen MR) is 136 cm³/mol. The minimum absolute atomic E-state index is 0.0118. The topological polar surface area (TPSA) is 104 Å². The number of likely N-dealkylation sites (N-methyl/N-ethyl adjacent to an activating group) is 1. The van der Waals surface area contributed by atoms with Crippen LogP contribution in [0.1, 0.15) is 5.56 Å². The highest BCUT2D eigenvalue weighted by Gasteiger charge is 2.31. The Bertz CT molecular complexity index is 1480. The maximum atomic E-state index is 13.2. The van der Waals surface area contributed by atoms with Gasteiger partial charge in [0.1, 0.15) is 0 Å². The Morgan fingerprint density at radius 2 is 1.49 bits per heavy atom. The van der Waals surface area contributed by atoms with Crippen LogP contribution in [0.15, 0.2) is 76.5 Å². The van der Waals surface area contributed by atoms with Crippen molar-refractivity contribution in [2.75, 3.05) is 29.8 Å². The van der Waals surface area contributed by atoms with E-state index < -0.39 is 32.5 Å². The molecule has 0 saturated heterocycles. The van der Waals surface area contributed by atoms with Crippen LogP contribution in [0.25, 0.3) is 0 Å². The van der Waals surface area contributed by atoms with Crippen LogP contribution in [0, 0.1) is 0 Å². The summed E-state index contributed by atoms with van der Waals surface area (Å²) in [6, 6.07) is 16.5. The SMILES string of the molecule is CN(CC(=O)Nc1ccc2c(c1)N(S(=O)(=O)c1ccc(Cl)cc1)CC2)S(=O)(=O)c1ccc(Cl)cc1. The van der Waals surface area contributed by atoms with Gasteiger partial charge in [0, 0.05) is 29.3 Å². The molecule has 0 radical (unpaired) electrons. The fraction of sp³-hybridized carbons (Fsp3) is 0.174. The van der Waals surface area contributed by atoms with Crippen molar-refractivity contribution in [2.45, 2.75) is 16.2 Å². The molecule has 1 aliphatic heterocycles. The summed E-state index contributed by atoms with van der Waals surface area (Å²) >= 11 is 11.7. The van der Waals surface area contributed by atoms with Crippen molar-refractivity contribution in [1.82, 2.24) is 4.31 Å². The van der Waals surface area contributed by atoms with Gasteiger partial charge in [-0.2, -0.15) is 4.31 Å². The molecule has 0 atom stereocenters. The Morgan fingerprint density at radius 1 is 0.914 bits per heavy atom. The van der Waals surface area contributed by atoms with Crippen molar-refractivity contribution in [3.05, 3.63) is 82.3 Å². The first-order valence-corrected chi connectivity index (χ1v) is 14.0. The van der Waals surface area contributed by atoms with E-state index in [1.165, 1.54) is 59.9 Å². The molecule has 4 rings (SSSR count). The van der Waals surface area contributed by atoms with Crippen molar-refractivity contribution >= 4 is 60.5 Å². The molecule has 0 bridgehead atoms. The normalized spacial score (nSPS) is 13.7. The number of benzene rings is 3. The fourth-order valence-corrected chi connectivity index (χ4v) is 6.56. The van der Waals surface area contributed by atoms with Crippen molar-refractivity contribution < 1.29 is 21.6 Å². The Hall–Kier alpha value is -2.63. The van der Waals surface area contributed by atoms with Gasteiger partial charge >= 0.3 is 0 Å². The Kier molecular flexibility index (Phi) is 7.12. The van der Waals surface area contributed by atoms with E-state index in [2.05, 4.69) is 5.32 Å². The number of hydrogen-bond acceptors (Lipinski definition) is 5. The molecule has 3 aromatic carbocycles. The highest BCUT2D eigenvalue weighted by atomic mass is 35.5. The van der Waals surface area contributed by atoms with Gasteiger partial charge in [0.05, 0.1) is 22.0 Å². The summed E-state index contributed by atoms with van der Waals surface area (Å²) < 4.78 is 54.0. The molecule has 1 heterocycles. The van der Waals surface area contributed by atoms with Crippen LogP contribution in [-0.4, -0.2) is 47.2 Å². The molecule has 184 valence electrons. The zero-order valence-electron chi connectivity index (χ0n) is 18.5. The van der Waals surface area contributed by atoms with Gasteiger partial charge in [-0.3, -0.25) is 9.10 Å². The number of sulfonamides is 2. The summed E-state index contributed by atoms with van der Waals surface area (Å²) in [5.74, 6) is -0.574. The van der Waals surface area contributed by atoms with Gasteiger partial charge in [0.2, 0.25) is 15.9 Å². The highest BCUT2D eigenvalue weighted by Crippen LogP contribution is 2.35. The first-order chi connectivity index (χ1) is 16.5. The second kappa shape index (κ2) is 9.79. The number of nitrogens with one attached hydrogen (secondary N) is 1. The predicted octanol–water partition coefficient (Wildman–Crippen LogP) is 4.00. The van der Waals surface area contributed by atoms with Gasteiger partial charge < -0.3 is 5.32 Å². The lowest BCUT2D eigenvalue weighted by molar-refractivity contribution is -0.116. The lowest BCUT2D eigenvalue weighted by Gasteiger charge is -2.21. The fourth-order valence-electron chi connectivity index (χ4n) is 3.69. The number of amides is 1. The molecule has 0 aliphatic carbocycles. The largest absolute Gasteiger partial charge is 0.325 e. The first kappa shape index (κ1) is 25.5. The van der Waals surface area contributed by atoms with Crippen LogP contribution in [0.3, 0.4) is 0 Å². The molecular formula is C23H21Cl2N3O5S2. The number of carbonyl (C=O) groups is 1. The molecule has 3 aromatic rings. The molecule has 0 fully saturated rings. The monoisotopic (exact) mass is 553 g/mol. The summed E-state index contributed by atoms with van der Waals surface area (Å²) in [6.07, 6.45) is 0.526.